The number of oxime groups is 1. The highest BCUT2D eigenvalue weighted by molar-refractivity contribution is 5.91. The van der Waals surface area contributed by atoms with Gasteiger partial charge in [0.2, 0.25) is 0 Å². The van der Waals surface area contributed by atoms with E-state index in [1.54, 1.807) is 0 Å². The van der Waals surface area contributed by atoms with Gasteiger partial charge in [0.25, 0.3) is 0 Å². The molecule has 0 unspecified atom stereocenters. The van der Waals surface area contributed by atoms with E-state index in [0.717, 1.165) is 35.8 Å². The fraction of sp³-hybridized carbons (Fsp3) is 0.947. The molecule has 2 nitrogen and oxygen atoms in total. The largest absolute Gasteiger partial charge is 0.411 e. The Morgan fingerprint density at radius 2 is 1.81 bits per heavy atom. The third-order valence-electron chi connectivity index (χ3n) is 8.44. The highest BCUT2D eigenvalue weighted by Gasteiger charge is 2.59. The van der Waals surface area contributed by atoms with Crippen LogP contribution in [0.2, 0.25) is 0 Å². The fourth-order valence-electron chi connectivity index (χ4n) is 7.25. The summed E-state index contributed by atoms with van der Waals surface area (Å²) in [4.78, 5) is 0. The van der Waals surface area contributed by atoms with Gasteiger partial charge in [0, 0.05) is 5.41 Å². The van der Waals surface area contributed by atoms with Gasteiger partial charge in [-0.1, -0.05) is 31.8 Å². The summed E-state index contributed by atoms with van der Waals surface area (Å²) in [5.41, 5.74) is 1.96. The van der Waals surface area contributed by atoms with Crippen molar-refractivity contribution >= 4 is 5.71 Å². The molecule has 4 fully saturated rings. The SMILES string of the molecule is C[C@]12CCCC[C@@H]1CC[C@@H]1[C@@H]2CC[C@]2(C)C(=NO)CC[C@@H]12. The van der Waals surface area contributed by atoms with Gasteiger partial charge in [-0.2, -0.15) is 0 Å². The molecule has 21 heavy (non-hydrogen) atoms. The van der Waals surface area contributed by atoms with E-state index in [9.17, 15) is 5.21 Å². The number of hydrogen-bond donors (Lipinski definition) is 1. The summed E-state index contributed by atoms with van der Waals surface area (Å²) < 4.78 is 0. The monoisotopic (exact) mass is 289 g/mol. The van der Waals surface area contributed by atoms with Crippen LogP contribution in [0.1, 0.15) is 78.1 Å². The molecule has 0 aliphatic heterocycles. The van der Waals surface area contributed by atoms with Gasteiger partial charge in [-0.25, -0.2) is 0 Å². The van der Waals surface area contributed by atoms with Crippen LogP contribution in [0.4, 0.5) is 0 Å². The summed E-state index contributed by atoms with van der Waals surface area (Å²) in [7, 11) is 0. The molecule has 0 saturated heterocycles. The molecule has 4 aliphatic carbocycles. The molecule has 118 valence electrons. The Bertz CT molecular complexity index is 458. The van der Waals surface area contributed by atoms with Crippen molar-refractivity contribution in [1.82, 2.24) is 0 Å². The van der Waals surface area contributed by atoms with Crippen LogP contribution in [0.3, 0.4) is 0 Å². The van der Waals surface area contributed by atoms with Gasteiger partial charge in [0.05, 0.1) is 5.71 Å². The summed E-state index contributed by atoms with van der Waals surface area (Å²) in [6, 6.07) is 0. The molecular formula is C19H31NO. The van der Waals surface area contributed by atoms with E-state index in [1.165, 1.54) is 57.8 Å². The maximum atomic E-state index is 9.39. The van der Waals surface area contributed by atoms with E-state index in [1.807, 2.05) is 0 Å². The van der Waals surface area contributed by atoms with E-state index in [2.05, 4.69) is 19.0 Å². The Balaban J connectivity index is 1.66. The molecule has 0 bridgehead atoms. The zero-order chi connectivity index (χ0) is 14.7. The number of fused-ring (bicyclic) bond motifs is 5. The molecule has 0 aromatic rings. The van der Waals surface area contributed by atoms with Crippen molar-refractivity contribution in [2.45, 2.75) is 78.1 Å². The normalized spacial score (nSPS) is 54.9. The summed E-state index contributed by atoms with van der Waals surface area (Å²) in [5.74, 6) is 3.65. The summed E-state index contributed by atoms with van der Waals surface area (Å²) in [5, 5.41) is 13.1. The minimum Gasteiger partial charge on any atom is -0.411 e. The van der Waals surface area contributed by atoms with Crippen molar-refractivity contribution in [2.24, 2.45) is 39.7 Å². The lowest BCUT2D eigenvalue weighted by atomic mass is 9.45. The van der Waals surface area contributed by atoms with E-state index in [4.69, 9.17) is 0 Å². The average Bonchev–Trinajstić information content (AvgIpc) is 2.83. The first kappa shape index (κ1) is 14.1. The topological polar surface area (TPSA) is 32.6 Å². The molecule has 0 heterocycles. The second-order valence-corrected chi connectivity index (χ2v) is 8.94. The van der Waals surface area contributed by atoms with Crippen LogP contribution in [-0.2, 0) is 0 Å². The first-order chi connectivity index (χ1) is 10.1. The minimum absolute atomic E-state index is 0.216. The maximum absolute atomic E-state index is 9.39. The van der Waals surface area contributed by atoms with Crippen molar-refractivity contribution in [3.8, 4) is 0 Å². The Kier molecular flexibility index (Phi) is 3.17. The zero-order valence-electron chi connectivity index (χ0n) is 13.8. The lowest BCUT2D eigenvalue weighted by Crippen LogP contribution is -2.52. The molecule has 6 atom stereocenters. The second kappa shape index (κ2) is 4.73. The highest BCUT2D eigenvalue weighted by Crippen LogP contribution is 2.65. The Hall–Kier alpha value is -0.530. The van der Waals surface area contributed by atoms with Gasteiger partial charge in [0.1, 0.15) is 0 Å². The standard InChI is InChI=1S/C19H31NO/c1-18-11-4-3-5-13(18)6-7-14-15-8-9-17(20-21)19(15,2)12-10-16(14)18/h13-16,21H,3-12H2,1-2H3/t13-,14+,15+,16+,18+,19+/m1/s1. The molecule has 0 amide bonds. The van der Waals surface area contributed by atoms with Gasteiger partial charge >= 0.3 is 0 Å². The molecule has 0 radical (unpaired) electrons. The molecule has 0 spiro atoms. The van der Waals surface area contributed by atoms with Crippen LogP contribution < -0.4 is 0 Å². The number of nitrogens with zero attached hydrogens (tertiary/aromatic N) is 1. The summed E-state index contributed by atoms with van der Waals surface area (Å²) in [6.45, 7) is 5.03. The Labute approximate surface area is 129 Å². The van der Waals surface area contributed by atoms with Gasteiger partial charge < -0.3 is 5.21 Å². The Morgan fingerprint density at radius 3 is 2.62 bits per heavy atom. The number of hydrogen-bond acceptors (Lipinski definition) is 2. The van der Waals surface area contributed by atoms with E-state index >= 15 is 0 Å². The molecule has 0 aromatic heterocycles. The lowest BCUT2D eigenvalue weighted by molar-refractivity contribution is -0.0938. The zero-order valence-corrected chi connectivity index (χ0v) is 13.8. The van der Waals surface area contributed by atoms with Crippen LogP contribution in [0.5, 0.6) is 0 Å². The van der Waals surface area contributed by atoms with Gasteiger partial charge in [-0.3, -0.25) is 0 Å². The Morgan fingerprint density at radius 1 is 0.952 bits per heavy atom. The van der Waals surface area contributed by atoms with Crippen LogP contribution in [-0.4, -0.2) is 10.9 Å². The summed E-state index contributed by atoms with van der Waals surface area (Å²) in [6.07, 6.45) is 13.8. The summed E-state index contributed by atoms with van der Waals surface area (Å²) >= 11 is 0. The van der Waals surface area contributed by atoms with Gasteiger partial charge in [-0.05, 0) is 80.5 Å². The molecule has 4 aliphatic rings. The molecule has 4 saturated carbocycles. The van der Waals surface area contributed by atoms with Crippen molar-refractivity contribution in [3.05, 3.63) is 0 Å². The fourth-order valence-corrected chi connectivity index (χ4v) is 7.25. The lowest BCUT2D eigenvalue weighted by Gasteiger charge is -2.59. The quantitative estimate of drug-likeness (QED) is 0.479. The van der Waals surface area contributed by atoms with Crippen LogP contribution >= 0.6 is 0 Å². The van der Waals surface area contributed by atoms with Crippen molar-refractivity contribution in [2.75, 3.05) is 0 Å². The van der Waals surface area contributed by atoms with Gasteiger partial charge in [0.15, 0.2) is 0 Å². The average molecular weight is 289 g/mol. The van der Waals surface area contributed by atoms with Crippen LogP contribution in [0.15, 0.2) is 5.16 Å². The third-order valence-corrected chi connectivity index (χ3v) is 8.44. The molecular weight excluding hydrogens is 258 g/mol. The van der Waals surface area contributed by atoms with Crippen molar-refractivity contribution in [1.29, 1.82) is 0 Å². The van der Waals surface area contributed by atoms with E-state index < -0.39 is 0 Å². The highest BCUT2D eigenvalue weighted by atomic mass is 16.4. The first-order valence-corrected chi connectivity index (χ1v) is 9.31. The van der Waals surface area contributed by atoms with Crippen LogP contribution in [0, 0.1) is 34.5 Å². The van der Waals surface area contributed by atoms with Crippen LogP contribution in [0.25, 0.3) is 0 Å². The molecule has 1 N–H and O–H groups in total. The molecule has 0 aromatic carbocycles. The first-order valence-electron chi connectivity index (χ1n) is 9.31. The van der Waals surface area contributed by atoms with Crippen molar-refractivity contribution < 1.29 is 5.21 Å². The number of rotatable bonds is 0. The van der Waals surface area contributed by atoms with E-state index in [-0.39, 0.29) is 5.41 Å². The van der Waals surface area contributed by atoms with E-state index in [0.29, 0.717) is 5.41 Å². The smallest absolute Gasteiger partial charge is 0.0632 e. The molecule has 4 rings (SSSR count). The minimum atomic E-state index is 0.216. The maximum Gasteiger partial charge on any atom is 0.0632 e. The molecule has 2 heteroatoms. The second-order valence-electron chi connectivity index (χ2n) is 8.94. The van der Waals surface area contributed by atoms with Crippen molar-refractivity contribution in [3.63, 3.8) is 0 Å². The predicted octanol–water partition coefficient (Wildman–Crippen LogP) is 5.25. The van der Waals surface area contributed by atoms with Gasteiger partial charge in [-0.15, -0.1) is 0 Å². The third kappa shape index (κ3) is 1.80. The predicted molar refractivity (Wildman–Crippen MR) is 85.6 cm³/mol.